The third-order valence-electron chi connectivity index (χ3n) is 4.91. The van der Waals surface area contributed by atoms with Crippen LogP contribution in [0.25, 0.3) is 0 Å². The number of amides is 2. The van der Waals surface area contributed by atoms with E-state index in [-0.39, 0.29) is 16.6 Å². The summed E-state index contributed by atoms with van der Waals surface area (Å²) in [6, 6.07) is 3.50. The van der Waals surface area contributed by atoms with Crippen molar-refractivity contribution < 1.29 is 14.7 Å². The Bertz CT molecular complexity index is 627. The third-order valence-corrected chi connectivity index (χ3v) is 4.91. The number of benzene rings is 1. The number of aromatic hydroxyl groups is 1. The van der Waals surface area contributed by atoms with Gasteiger partial charge >= 0.3 is 11.8 Å². The van der Waals surface area contributed by atoms with Gasteiger partial charge in [-0.25, -0.2) is 5.84 Å². The fraction of sp³-hybridized carbons (Fsp3) is 0.600. The summed E-state index contributed by atoms with van der Waals surface area (Å²) in [6.07, 6.45) is 3.70. The topological polar surface area (TPSA) is 104 Å². The summed E-state index contributed by atoms with van der Waals surface area (Å²) in [4.78, 5) is 23.4. The summed E-state index contributed by atoms with van der Waals surface area (Å²) >= 11 is 0. The Labute approximate surface area is 156 Å². The molecule has 2 amide bonds. The van der Waals surface area contributed by atoms with Crippen molar-refractivity contribution in [3.63, 3.8) is 0 Å². The van der Waals surface area contributed by atoms with Gasteiger partial charge in [0.2, 0.25) is 0 Å². The lowest BCUT2D eigenvalue weighted by Gasteiger charge is -2.32. The van der Waals surface area contributed by atoms with Gasteiger partial charge in [-0.15, -0.1) is 0 Å². The maximum atomic E-state index is 11.9. The molecule has 0 aromatic heterocycles. The van der Waals surface area contributed by atoms with Crippen molar-refractivity contribution in [1.82, 2.24) is 5.43 Å². The SMILES string of the molecule is CCCC(C)(C)c1cc(NC(=O)C(=O)NN)cc(C(C)(C)CCC)c1O. The number of nitrogens with two attached hydrogens (primary N) is 1. The van der Waals surface area contributed by atoms with Gasteiger partial charge in [-0.1, -0.05) is 54.4 Å². The summed E-state index contributed by atoms with van der Waals surface area (Å²) in [5, 5.41) is 13.6. The third kappa shape index (κ3) is 4.97. The Balaban J connectivity index is 3.53. The zero-order valence-corrected chi connectivity index (χ0v) is 16.8. The van der Waals surface area contributed by atoms with Gasteiger partial charge in [0, 0.05) is 16.8 Å². The molecule has 1 rings (SSSR count). The number of anilines is 1. The number of carbonyl (C=O) groups excluding carboxylic acids is 2. The highest BCUT2D eigenvalue weighted by Crippen LogP contribution is 2.44. The lowest BCUT2D eigenvalue weighted by molar-refractivity contribution is -0.136. The van der Waals surface area contributed by atoms with Crippen LogP contribution in [0.5, 0.6) is 5.75 Å². The molecule has 1 aromatic carbocycles. The van der Waals surface area contributed by atoms with E-state index in [4.69, 9.17) is 5.84 Å². The van der Waals surface area contributed by atoms with Gasteiger partial charge < -0.3 is 10.4 Å². The molecule has 1 aromatic rings. The highest BCUT2D eigenvalue weighted by Gasteiger charge is 2.31. The molecule has 6 heteroatoms. The Morgan fingerprint density at radius 3 is 1.73 bits per heavy atom. The number of hydrazine groups is 1. The number of nitrogens with one attached hydrogen (secondary N) is 2. The van der Waals surface area contributed by atoms with E-state index in [1.165, 1.54) is 0 Å². The lowest BCUT2D eigenvalue weighted by Crippen LogP contribution is -2.39. The number of carbonyl (C=O) groups is 2. The molecule has 0 fully saturated rings. The van der Waals surface area contributed by atoms with Crippen molar-refractivity contribution in [2.45, 2.75) is 78.1 Å². The van der Waals surface area contributed by atoms with Crippen molar-refractivity contribution >= 4 is 17.5 Å². The Morgan fingerprint density at radius 1 is 0.962 bits per heavy atom. The predicted octanol–water partition coefficient (Wildman–Crippen LogP) is 3.48. The molecule has 0 atom stereocenters. The second kappa shape index (κ2) is 8.54. The van der Waals surface area contributed by atoms with Crippen molar-refractivity contribution in [2.24, 2.45) is 5.84 Å². The molecule has 146 valence electrons. The molecular weight excluding hydrogens is 330 g/mol. The van der Waals surface area contributed by atoms with Crippen molar-refractivity contribution in [2.75, 3.05) is 5.32 Å². The molecule has 0 aliphatic rings. The van der Waals surface area contributed by atoms with Crippen LogP contribution >= 0.6 is 0 Å². The second-order valence-corrected chi connectivity index (χ2v) is 8.12. The summed E-state index contributed by atoms with van der Waals surface area (Å²) < 4.78 is 0. The molecule has 0 aliphatic heterocycles. The molecule has 0 bridgehead atoms. The van der Waals surface area contributed by atoms with Crippen LogP contribution in [0.1, 0.15) is 78.4 Å². The van der Waals surface area contributed by atoms with Gasteiger partial charge in [-0.05, 0) is 35.8 Å². The first-order valence-electron chi connectivity index (χ1n) is 9.20. The van der Waals surface area contributed by atoms with Crippen molar-refractivity contribution in [3.05, 3.63) is 23.3 Å². The minimum absolute atomic E-state index is 0.267. The number of rotatable bonds is 7. The number of hydrogen-bond donors (Lipinski definition) is 4. The van der Waals surface area contributed by atoms with Gasteiger partial charge in [0.15, 0.2) is 0 Å². The molecule has 0 unspecified atom stereocenters. The summed E-state index contributed by atoms with van der Waals surface area (Å²) in [7, 11) is 0. The Kier molecular flexibility index (Phi) is 7.21. The second-order valence-electron chi connectivity index (χ2n) is 8.12. The van der Waals surface area contributed by atoms with Crippen molar-refractivity contribution in [1.29, 1.82) is 0 Å². The molecule has 0 saturated carbocycles. The van der Waals surface area contributed by atoms with Crippen LogP contribution in [-0.2, 0) is 20.4 Å². The Morgan fingerprint density at radius 2 is 1.38 bits per heavy atom. The molecule has 26 heavy (non-hydrogen) atoms. The van der Waals surface area contributed by atoms with Crippen LogP contribution in [0.3, 0.4) is 0 Å². The maximum absolute atomic E-state index is 11.9. The van der Waals surface area contributed by atoms with E-state index in [0.29, 0.717) is 5.69 Å². The quantitative estimate of drug-likeness (QED) is 0.196. The fourth-order valence-electron chi connectivity index (χ4n) is 3.51. The molecule has 0 aliphatic carbocycles. The van der Waals surface area contributed by atoms with Crippen LogP contribution in [-0.4, -0.2) is 16.9 Å². The average molecular weight is 364 g/mol. The smallest absolute Gasteiger partial charge is 0.323 e. The largest absolute Gasteiger partial charge is 0.507 e. The molecular formula is C20H33N3O3. The van der Waals surface area contributed by atoms with Gasteiger partial charge in [0.25, 0.3) is 0 Å². The minimum atomic E-state index is -0.915. The van der Waals surface area contributed by atoms with Gasteiger partial charge in [0.1, 0.15) is 5.75 Å². The molecule has 0 saturated heterocycles. The van der Waals surface area contributed by atoms with E-state index in [0.717, 1.165) is 36.8 Å². The van der Waals surface area contributed by atoms with Crippen molar-refractivity contribution in [3.8, 4) is 5.75 Å². The van der Waals surface area contributed by atoms with Crippen LogP contribution in [0.4, 0.5) is 5.69 Å². The number of phenols is 1. The van der Waals surface area contributed by atoms with E-state index in [9.17, 15) is 14.7 Å². The fourth-order valence-corrected chi connectivity index (χ4v) is 3.51. The monoisotopic (exact) mass is 363 g/mol. The van der Waals surface area contributed by atoms with Crippen LogP contribution in [0.2, 0.25) is 0 Å². The normalized spacial score (nSPS) is 12.0. The zero-order chi connectivity index (χ0) is 20.1. The van der Waals surface area contributed by atoms with Crippen LogP contribution < -0.4 is 16.6 Å². The zero-order valence-electron chi connectivity index (χ0n) is 16.8. The summed E-state index contributed by atoms with van der Waals surface area (Å²) in [6.45, 7) is 12.5. The molecule has 0 radical (unpaired) electrons. The van der Waals surface area contributed by atoms with E-state index >= 15 is 0 Å². The highest BCUT2D eigenvalue weighted by atomic mass is 16.3. The first-order valence-corrected chi connectivity index (χ1v) is 9.20. The van der Waals surface area contributed by atoms with E-state index in [1.54, 1.807) is 12.1 Å². The minimum Gasteiger partial charge on any atom is -0.507 e. The lowest BCUT2D eigenvalue weighted by atomic mass is 9.74. The Hall–Kier alpha value is -2.08. The highest BCUT2D eigenvalue weighted by molar-refractivity contribution is 6.39. The predicted molar refractivity (Wildman–Crippen MR) is 105 cm³/mol. The molecule has 6 nitrogen and oxygen atoms in total. The van der Waals surface area contributed by atoms with E-state index in [1.807, 2.05) is 5.43 Å². The summed E-state index contributed by atoms with van der Waals surface area (Å²) in [5.74, 6) is 3.54. The number of hydrogen-bond acceptors (Lipinski definition) is 4. The van der Waals surface area contributed by atoms with Gasteiger partial charge in [-0.3, -0.25) is 15.0 Å². The standard InChI is InChI=1S/C20H33N3O3/c1-7-9-19(3,4)14-11-13(22-17(25)18(26)23-21)12-15(16(14)24)20(5,6)10-8-2/h11-12,24H,7-10,21H2,1-6H3,(H,22,25)(H,23,26). The average Bonchev–Trinajstić information content (AvgIpc) is 2.54. The molecule has 0 heterocycles. The number of phenolic OH excluding ortho intramolecular Hbond substituents is 1. The van der Waals surface area contributed by atoms with E-state index in [2.05, 4.69) is 46.9 Å². The van der Waals surface area contributed by atoms with Crippen LogP contribution in [0, 0.1) is 0 Å². The first kappa shape index (κ1) is 22.0. The molecule has 0 spiro atoms. The maximum Gasteiger partial charge on any atom is 0.323 e. The van der Waals surface area contributed by atoms with Crippen LogP contribution in [0.15, 0.2) is 12.1 Å². The first-order chi connectivity index (χ1) is 12.0. The van der Waals surface area contributed by atoms with Gasteiger partial charge in [0.05, 0.1) is 0 Å². The summed E-state index contributed by atoms with van der Waals surface area (Å²) in [5.41, 5.74) is 3.30. The van der Waals surface area contributed by atoms with E-state index < -0.39 is 11.8 Å². The molecule has 5 N–H and O–H groups in total. The van der Waals surface area contributed by atoms with Gasteiger partial charge in [-0.2, -0.15) is 0 Å².